The summed E-state index contributed by atoms with van der Waals surface area (Å²) in [5.41, 5.74) is 0.710. The lowest BCUT2D eigenvalue weighted by molar-refractivity contribution is -0.120. The maximum atomic E-state index is 13.3. The van der Waals surface area contributed by atoms with Crippen LogP contribution in [-0.4, -0.2) is 46.7 Å². The van der Waals surface area contributed by atoms with Crippen molar-refractivity contribution in [1.29, 1.82) is 0 Å². The van der Waals surface area contributed by atoms with Gasteiger partial charge >= 0.3 is 0 Å². The van der Waals surface area contributed by atoms with Gasteiger partial charge in [-0.3, -0.25) is 14.2 Å². The predicted molar refractivity (Wildman–Crippen MR) is 128 cm³/mol. The van der Waals surface area contributed by atoms with Crippen LogP contribution < -0.4 is 10.9 Å². The van der Waals surface area contributed by atoms with Gasteiger partial charge in [-0.2, -0.15) is 0 Å². The highest BCUT2D eigenvalue weighted by molar-refractivity contribution is 8.00. The van der Waals surface area contributed by atoms with Crippen molar-refractivity contribution in [3.05, 3.63) is 45.9 Å². The first-order valence-corrected chi connectivity index (χ1v) is 14.1. The Balaban J connectivity index is 1.62. The first-order valence-electron chi connectivity index (χ1n) is 9.63. The number of carbonyl (C=O) groups excluding carboxylic acids is 1. The van der Waals surface area contributed by atoms with Gasteiger partial charge in [0, 0.05) is 28.4 Å². The molecule has 0 unspecified atom stereocenters. The summed E-state index contributed by atoms with van der Waals surface area (Å²) in [7, 11) is -3.07. The maximum absolute atomic E-state index is 13.3. The Hall–Kier alpha value is -1.95. The lowest BCUT2D eigenvalue weighted by atomic mass is 10.2. The van der Waals surface area contributed by atoms with Gasteiger partial charge in [0.05, 0.1) is 22.1 Å². The van der Waals surface area contributed by atoms with Crippen LogP contribution >= 0.6 is 34.4 Å². The number of fused-ring (bicyclic) bond motifs is 1. The Bertz CT molecular complexity index is 1290. The van der Waals surface area contributed by atoms with Gasteiger partial charge in [0.25, 0.3) is 5.56 Å². The fraction of sp³-hybridized carbons (Fsp3) is 0.350. The molecule has 0 saturated carbocycles. The van der Waals surface area contributed by atoms with Crippen LogP contribution in [-0.2, 0) is 21.2 Å². The van der Waals surface area contributed by atoms with Crippen molar-refractivity contribution in [2.75, 3.05) is 11.5 Å². The second-order valence-corrected chi connectivity index (χ2v) is 12.6. The number of sulfone groups is 1. The van der Waals surface area contributed by atoms with Crippen LogP contribution in [0, 0.1) is 0 Å². The molecule has 1 aliphatic rings. The van der Waals surface area contributed by atoms with Crippen LogP contribution in [0.2, 0.25) is 0 Å². The number of hydrogen-bond acceptors (Lipinski definition) is 8. The third-order valence-corrected chi connectivity index (χ3v) is 9.62. The van der Waals surface area contributed by atoms with E-state index in [1.165, 1.54) is 27.7 Å². The van der Waals surface area contributed by atoms with E-state index in [-0.39, 0.29) is 35.6 Å². The van der Waals surface area contributed by atoms with E-state index in [0.29, 0.717) is 21.8 Å². The maximum Gasteiger partial charge on any atom is 0.263 e. The summed E-state index contributed by atoms with van der Waals surface area (Å²) in [6, 6.07) is 3.55. The predicted octanol–water partition coefficient (Wildman–Crippen LogP) is 3.16. The molecule has 4 rings (SSSR count). The number of hydrogen-bond donors (Lipinski definition) is 1. The zero-order chi connectivity index (χ0) is 22.2. The molecule has 164 valence electrons. The average molecular weight is 496 g/mol. The van der Waals surface area contributed by atoms with Crippen molar-refractivity contribution in [3.63, 3.8) is 0 Å². The molecule has 3 aromatic heterocycles. The van der Waals surface area contributed by atoms with Gasteiger partial charge in [0.15, 0.2) is 15.0 Å². The summed E-state index contributed by atoms with van der Waals surface area (Å²) < 4.78 is 24.8. The molecule has 2 atom stereocenters. The van der Waals surface area contributed by atoms with Gasteiger partial charge in [-0.15, -0.1) is 29.3 Å². The minimum atomic E-state index is -3.07. The molecule has 1 amide bonds. The number of thioether (sulfide) groups is 1. The van der Waals surface area contributed by atoms with E-state index in [1.807, 2.05) is 22.9 Å². The summed E-state index contributed by atoms with van der Waals surface area (Å²) >= 11 is 4.16. The minimum Gasteiger partial charge on any atom is -0.351 e. The number of nitrogens with zero attached hydrogens (tertiary/aromatic N) is 2. The van der Waals surface area contributed by atoms with Gasteiger partial charge < -0.3 is 5.32 Å². The molecule has 31 heavy (non-hydrogen) atoms. The van der Waals surface area contributed by atoms with Crippen molar-refractivity contribution in [2.24, 2.45) is 0 Å². The molecule has 1 N–H and O–H groups in total. The van der Waals surface area contributed by atoms with E-state index in [1.54, 1.807) is 24.3 Å². The van der Waals surface area contributed by atoms with Crippen LogP contribution in [0.1, 0.15) is 13.3 Å². The number of amides is 1. The van der Waals surface area contributed by atoms with Gasteiger partial charge in [-0.1, -0.05) is 23.9 Å². The summed E-state index contributed by atoms with van der Waals surface area (Å²) in [5.74, 6) is -0.193. The summed E-state index contributed by atoms with van der Waals surface area (Å²) in [4.78, 5) is 32.3. The Morgan fingerprint density at radius 3 is 2.94 bits per heavy atom. The number of allylic oxidation sites excluding steroid dienone is 1. The monoisotopic (exact) mass is 495 g/mol. The fourth-order valence-corrected chi connectivity index (χ4v) is 7.84. The lowest BCUT2D eigenvalue weighted by Gasteiger charge is -2.17. The van der Waals surface area contributed by atoms with Gasteiger partial charge in [0.2, 0.25) is 5.91 Å². The number of aromatic nitrogens is 2. The summed E-state index contributed by atoms with van der Waals surface area (Å²) in [5, 5.41) is 7.19. The molecule has 0 radical (unpaired) electrons. The van der Waals surface area contributed by atoms with E-state index in [2.05, 4.69) is 16.9 Å². The normalized spacial score (nSPS) is 18.8. The number of nitrogens with one attached hydrogen (secondary N) is 1. The third-order valence-electron chi connectivity index (χ3n) is 4.99. The minimum absolute atomic E-state index is 0.0256. The van der Waals surface area contributed by atoms with Crippen molar-refractivity contribution in [3.8, 4) is 10.4 Å². The largest absolute Gasteiger partial charge is 0.351 e. The Morgan fingerprint density at radius 2 is 2.29 bits per heavy atom. The van der Waals surface area contributed by atoms with Crippen LogP contribution in [0.25, 0.3) is 20.7 Å². The van der Waals surface area contributed by atoms with E-state index >= 15 is 0 Å². The Labute approximate surface area is 192 Å². The molecule has 3 aromatic rings. The highest BCUT2D eigenvalue weighted by Crippen LogP contribution is 2.35. The summed E-state index contributed by atoms with van der Waals surface area (Å²) in [6.45, 7) is 5.75. The van der Waals surface area contributed by atoms with E-state index < -0.39 is 15.1 Å². The second kappa shape index (κ2) is 8.89. The van der Waals surface area contributed by atoms with Gasteiger partial charge in [0.1, 0.15) is 4.83 Å². The molecular weight excluding hydrogens is 475 g/mol. The molecule has 11 heteroatoms. The SMILES string of the molecule is C=CCn1c(S[C@@H](C)C(=O)N[C@@H]2CCS(=O)(=O)C2)nc2scc(-c3cccs3)c2c1=O. The van der Waals surface area contributed by atoms with Gasteiger partial charge in [-0.05, 0) is 24.8 Å². The van der Waals surface area contributed by atoms with Crippen LogP contribution in [0.3, 0.4) is 0 Å². The average Bonchev–Trinajstić information content (AvgIpc) is 3.44. The van der Waals surface area contributed by atoms with E-state index in [9.17, 15) is 18.0 Å². The molecule has 0 aromatic carbocycles. The molecule has 1 fully saturated rings. The molecule has 4 heterocycles. The number of carbonyl (C=O) groups is 1. The van der Waals surface area contributed by atoms with E-state index in [4.69, 9.17) is 0 Å². The smallest absolute Gasteiger partial charge is 0.263 e. The molecule has 0 bridgehead atoms. The van der Waals surface area contributed by atoms with Crippen LogP contribution in [0.15, 0.2) is 45.5 Å². The zero-order valence-corrected chi connectivity index (χ0v) is 20.0. The first-order chi connectivity index (χ1) is 14.8. The van der Waals surface area contributed by atoms with Crippen LogP contribution in [0.4, 0.5) is 0 Å². The molecule has 1 aliphatic heterocycles. The van der Waals surface area contributed by atoms with Crippen LogP contribution in [0.5, 0.6) is 0 Å². The third kappa shape index (κ3) is 4.64. The zero-order valence-electron chi connectivity index (χ0n) is 16.7. The quantitative estimate of drug-likeness (QED) is 0.307. The van der Waals surface area contributed by atoms with Gasteiger partial charge in [-0.25, -0.2) is 13.4 Å². The standard InChI is InChI=1S/C20H21N3O4S4/c1-3-7-23-19(25)16-14(15-5-4-8-28-15)10-29-18(16)22-20(23)30-12(2)17(24)21-13-6-9-31(26,27)11-13/h3-5,8,10,12-13H,1,6-7,9,11H2,2H3,(H,21,24)/t12-,13+/m0/s1. The van der Waals surface area contributed by atoms with Crippen molar-refractivity contribution < 1.29 is 13.2 Å². The topological polar surface area (TPSA) is 98.1 Å². The molecule has 1 saturated heterocycles. The van der Waals surface area contributed by atoms with Crippen molar-refractivity contribution >= 4 is 60.4 Å². The first kappa shape index (κ1) is 22.3. The number of rotatable bonds is 7. The van der Waals surface area contributed by atoms with Crippen molar-refractivity contribution in [2.45, 2.75) is 36.3 Å². The number of thiophene rings is 2. The highest BCUT2D eigenvalue weighted by Gasteiger charge is 2.30. The van der Waals surface area contributed by atoms with Crippen molar-refractivity contribution in [1.82, 2.24) is 14.9 Å². The molecule has 7 nitrogen and oxygen atoms in total. The molecular formula is C20H21N3O4S4. The Morgan fingerprint density at radius 1 is 1.48 bits per heavy atom. The second-order valence-electron chi connectivity index (χ2n) is 7.27. The molecule has 0 spiro atoms. The lowest BCUT2D eigenvalue weighted by Crippen LogP contribution is -2.40. The summed E-state index contributed by atoms with van der Waals surface area (Å²) in [6.07, 6.45) is 2.06. The fourth-order valence-electron chi connectivity index (χ4n) is 3.44. The Kier molecular flexibility index (Phi) is 6.38. The molecule has 0 aliphatic carbocycles. The highest BCUT2D eigenvalue weighted by atomic mass is 32.2. The van der Waals surface area contributed by atoms with E-state index in [0.717, 1.165) is 10.4 Å².